The molecule has 0 radical (unpaired) electrons. The molecule has 0 saturated heterocycles. The number of rotatable bonds is 3. The molecule has 0 N–H and O–H groups in total. The highest BCUT2D eigenvalue weighted by Gasteiger charge is 2.20. The first-order valence-corrected chi connectivity index (χ1v) is 6.90. The molecule has 108 valence electrons. The number of aromatic nitrogens is 1. The number of aryl methyl sites for hydroxylation is 1. The van der Waals surface area contributed by atoms with Crippen molar-refractivity contribution in [2.75, 3.05) is 13.7 Å². The van der Waals surface area contributed by atoms with Crippen LogP contribution in [0.3, 0.4) is 0 Å². The summed E-state index contributed by atoms with van der Waals surface area (Å²) in [5.41, 5.74) is 2.60. The van der Waals surface area contributed by atoms with Gasteiger partial charge in [0.05, 0.1) is 24.6 Å². The zero-order valence-corrected chi connectivity index (χ0v) is 12.3. The Bertz CT molecular complexity index is 833. The lowest BCUT2D eigenvalue weighted by Crippen LogP contribution is -2.06. The third-order valence-corrected chi connectivity index (χ3v) is 3.73. The third-order valence-electron chi connectivity index (χ3n) is 3.73. The van der Waals surface area contributed by atoms with Gasteiger partial charge in [0.1, 0.15) is 11.3 Å². The van der Waals surface area contributed by atoms with Crippen LogP contribution in [-0.4, -0.2) is 24.3 Å². The Morgan fingerprint density at radius 1 is 1.14 bits per heavy atom. The topological polar surface area (TPSA) is 40.5 Å². The molecule has 0 aliphatic rings. The number of methoxy groups -OCH3 is 1. The van der Waals surface area contributed by atoms with Crippen LogP contribution in [0.5, 0.6) is 5.75 Å². The Morgan fingerprint density at radius 3 is 2.62 bits per heavy atom. The van der Waals surface area contributed by atoms with Gasteiger partial charge in [-0.25, -0.2) is 4.79 Å². The van der Waals surface area contributed by atoms with Gasteiger partial charge in [-0.1, -0.05) is 18.2 Å². The summed E-state index contributed by atoms with van der Waals surface area (Å²) in [4.78, 5) is 12.0. The van der Waals surface area contributed by atoms with Crippen molar-refractivity contribution in [3.63, 3.8) is 0 Å². The Hall–Kier alpha value is -2.49. The fourth-order valence-electron chi connectivity index (χ4n) is 2.78. The van der Waals surface area contributed by atoms with Crippen molar-refractivity contribution in [1.29, 1.82) is 0 Å². The molecule has 0 bridgehead atoms. The second kappa shape index (κ2) is 5.13. The summed E-state index contributed by atoms with van der Waals surface area (Å²) in [6, 6.07) is 11.8. The van der Waals surface area contributed by atoms with Crippen LogP contribution in [0.25, 0.3) is 21.8 Å². The quantitative estimate of drug-likeness (QED) is 0.691. The van der Waals surface area contributed by atoms with E-state index in [1.807, 2.05) is 38.2 Å². The summed E-state index contributed by atoms with van der Waals surface area (Å²) in [5.74, 6) is 0.215. The maximum atomic E-state index is 12.0. The predicted octanol–water partition coefficient (Wildman–Crippen LogP) is 3.52. The van der Waals surface area contributed by atoms with Crippen LogP contribution in [0.1, 0.15) is 17.3 Å². The number of carbonyl (C=O) groups is 1. The monoisotopic (exact) mass is 283 g/mol. The minimum atomic E-state index is -0.381. The van der Waals surface area contributed by atoms with Crippen molar-refractivity contribution in [1.82, 2.24) is 4.57 Å². The first kappa shape index (κ1) is 13.5. The van der Waals surface area contributed by atoms with E-state index in [9.17, 15) is 4.79 Å². The van der Waals surface area contributed by atoms with E-state index in [1.54, 1.807) is 6.07 Å². The lowest BCUT2D eigenvalue weighted by molar-refractivity contribution is 0.0596. The van der Waals surface area contributed by atoms with Gasteiger partial charge >= 0.3 is 5.97 Å². The first-order valence-electron chi connectivity index (χ1n) is 6.90. The van der Waals surface area contributed by atoms with E-state index in [4.69, 9.17) is 9.47 Å². The van der Waals surface area contributed by atoms with Crippen LogP contribution in [0.2, 0.25) is 0 Å². The molecule has 0 atom stereocenters. The van der Waals surface area contributed by atoms with Crippen molar-refractivity contribution >= 4 is 27.8 Å². The van der Waals surface area contributed by atoms with Crippen LogP contribution in [0.4, 0.5) is 0 Å². The van der Waals surface area contributed by atoms with Crippen molar-refractivity contribution < 1.29 is 14.3 Å². The molecular weight excluding hydrogens is 266 g/mol. The van der Waals surface area contributed by atoms with E-state index in [0.29, 0.717) is 17.9 Å². The molecule has 4 nitrogen and oxygen atoms in total. The zero-order valence-electron chi connectivity index (χ0n) is 12.3. The van der Waals surface area contributed by atoms with Crippen LogP contribution < -0.4 is 4.74 Å². The van der Waals surface area contributed by atoms with E-state index >= 15 is 0 Å². The van der Waals surface area contributed by atoms with Gasteiger partial charge in [-0.05, 0) is 25.1 Å². The Morgan fingerprint density at radius 2 is 1.90 bits per heavy atom. The van der Waals surface area contributed by atoms with Crippen molar-refractivity contribution in [2.24, 2.45) is 7.05 Å². The smallest absolute Gasteiger partial charge is 0.341 e. The van der Waals surface area contributed by atoms with Crippen LogP contribution in [0, 0.1) is 0 Å². The highest BCUT2D eigenvalue weighted by atomic mass is 16.5. The lowest BCUT2D eigenvalue weighted by atomic mass is 10.1. The number of hydrogen-bond donors (Lipinski definition) is 0. The second-order valence-electron chi connectivity index (χ2n) is 4.84. The van der Waals surface area contributed by atoms with E-state index < -0.39 is 0 Å². The summed E-state index contributed by atoms with van der Waals surface area (Å²) in [5, 5.41) is 2.03. The van der Waals surface area contributed by atoms with Gasteiger partial charge in [-0.15, -0.1) is 0 Å². The number of hydrogen-bond acceptors (Lipinski definition) is 3. The summed E-state index contributed by atoms with van der Waals surface area (Å²) >= 11 is 0. The molecule has 1 aromatic heterocycles. The lowest BCUT2D eigenvalue weighted by Gasteiger charge is -2.10. The van der Waals surface area contributed by atoms with Gasteiger partial charge in [0.15, 0.2) is 0 Å². The number of fused-ring (bicyclic) bond motifs is 3. The molecule has 0 saturated carbocycles. The molecule has 0 aliphatic heterocycles. The average Bonchev–Trinajstić information content (AvgIpc) is 2.81. The Balaban J connectivity index is 2.46. The van der Waals surface area contributed by atoms with Gasteiger partial charge in [-0.3, -0.25) is 0 Å². The molecule has 0 aliphatic carbocycles. The fraction of sp³-hybridized carbons (Fsp3) is 0.235. The number of benzene rings is 2. The molecule has 1 heterocycles. The van der Waals surface area contributed by atoms with Crippen LogP contribution in [0.15, 0.2) is 36.4 Å². The average molecular weight is 283 g/mol. The number of nitrogens with zero attached hydrogens (tertiary/aromatic N) is 1. The van der Waals surface area contributed by atoms with Crippen LogP contribution >= 0.6 is 0 Å². The summed E-state index contributed by atoms with van der Waals surface area (Å²) < 4.78 is 12.8. The van der Waals surface area contributed by atoms with Crippen molar-refractivity contribution in [3.05, 3.63) is 42.0 Å². The molecular formula is C17H17NO3. The first-order chi connectivity index (χ1) is 10.2. The summed E-state index contributed by atoms with van der Waals surface area (Å²) in [6.07, 6.45) is 0. The highest BCUT2D eigenvalue weighted by Crippen LogP contribution is 2.37. The van der Waals surface area contributed by atoms with Crippen molar-refractivity contribution in [3.8, 4) is 5.75 Å². The predicted molar refractivity (Wildman–Crippen MR) is 82.9 cm³/mol. The van der Waals surface area contributed by atoms with Gasteiger partial charge < -0.3 is 14.0 Å². The van der Waals surface area contributed by atoms with Gasteiger partial charge in [0.2, 0.25) is 0 Å². The highest BCUT2D eigenvalue weighted by molar-refractivity contribution is 6.14. The van der Waals surface area contributed by atoms with E-state index in [0.717, 1.165) is 21.8 Å². The molecule has 0 amide bonds. The van der Waals surface area contributed by atoms with Crippen molar-refractivity contribution in [2.45, 2.75) is 6.92 Å². The van der Waals surface area contributed by atoms with E-state index in [2.05, 4.69) is 10.6 Å². The molecule has 0 unspecified atom stereocenters. The molecule has 0 spiro atoms. The normalized spacial score (nSPS) is 11.0. The second-order valence-corrected chi connectivity index (χ2v) is 4.84. The summed E-state index contributed by atoms with van der Waals surface area (Å²) in [7, 11) is 3.39. The molecule has 2 aromatic carbocycles. The molecule has 21 heavy (non-hydrogen) atoms. The maximum absolute atomic E-state index is 12.0. The summed E-state index contributed by atoms with van der Waals surface area (Å²) in [6.45, 7) is 2.40. The molecule has 3 aromatic rings. The molecule has 4 heteroatoms. The van der Waals surface area contributed by atoms with Crippen LogP contribution in [-0.2, 0) is 11.8 Å². The van der Waals surface area contributed by atoms with Gasteiger partial charge in [0.25, 0.3) is 0 Å². The van der Waals surface area contributed by atoms with Gasteiger partial charge in [-0.2, -0.15) is 0 Å². The Labute approximate surface area is 122 Å². The molecule has 0 fully saturated rings. The van der Waals surface area contributed by atoms with Gasteiger partial charge in [0, 0.05) is 18.0 Å². The largest absolute Gasteiger partial charge is 0.492 e. The minimum Gasteiger partial charge on any atom is -0.492 e. The molecule has 3 rings (SSSR count). The minimum absolute atomic E-state index is 0.381. The maximum Gasteiger partial charge on any atom is 0.341 e. The fourth-order valence-corrected chi connectivity index (χ4v) is 2.78. The number of ether oxygens (including phenoxy) is 2. The Kier molecular flexibility index (Phi) is 3.29. The number of para-hydroxylation sites is 1. The third kappa shape index (κ3) is 1.95. The van der Waals surface area contributed by atoms with E-state index in [-0.39, 0.29) is 5.97 Å². The number of carbonyl (C=O) groups excluding carboxylic acids is 1. The van der Waals surface area contributed by atoms with E-state index in [1.165, 1.54) is 7.11 Å². The number of esters is 1. The SMILES string of the molecule is CCOc1c(C(=O)OC)ccc2c1c1ccccc1n2C. The standard InChI is InChI=1S/C17H17NO3/c1-4-21-16-12(17(19)20-3)9-10-14-15(16)11-7-5-6-8-13(11)18(14)2/h5-10H,4H2,1-3H3. The zero-order chi connectivity index (χ0) is 15.0.